The van der Waals surface area contributed by atoms with Crippen LogP contribution in [-0.4, -0.2) is 32.1 Å². The number of hydrogen-bond donors (Lipinski definition) is 1. The molecule has 8 heteroatoms. The van der Waals surface area contributed by atoms with Gasteiger partial charge in [-0.25, -0.2) is 9.82 Å². The lowest BCUT2D eigenvalue weighted by atomic mass is 10.1. The fraction of sp³-hybridized carbons (Fsp3) is 0.200. The average molecular weight is 397 g/mol. The molecule has 1 N–H and O–H groups in total. The highest BCUT2D eigenvalue weighted by Gasteiger charge is 2.14. The van der Waals surface area contributed by atoms with E-state index in [9.17, 15) is 9.18 Å². The van der Waals surface area contributed by atoms with Crippen molar-refractivity contribution >= 4 is 23.4 Å². The molecule has 0 radical (unpaired) electrons. The molecule has 0 bridgehead atoms. The molecule has 0 saturated heterocycles. The Hall–Kier alpha value is -3.00. The van der Waals surface area contributed by atoms with Crippen molar-refractivity contribution in [3.63, 3.8) is 0 Å². The average Bonchev–Trinajstić information content (AvgIpc) is 3.14. The monoisotopic (exact) mass is 397 g/mol. The van der Waals surface area contributed by atoms with Crippen molar-refractivity contribution in [1.29, 1.82) is 0 Å². The van der Waals surface area contributed by atoms with Gasteiger partial charge < -0.3 is 4.57 Å². The molecular weight excluding hydrogens is 377 g/mol. The topological polar surface area (TPSA) is 72.2 Å². The lowest BCUT2D eigenvalue weighted by Gasteiger charge is -2.07. The van der Waals surface area contributed by atoms with Crippen LogP contribution in [0.15, 0.2) is 64.9 Å². The van der Waals surface area contributed by atoms with Gasteiger partial charge in [-0.2, -0.15) is 5.10 Å². The van der Waals surface area contributed by atoms with Gasteiger partial charge in [-0.05, 0) is 31.5 Å². The zero-order chi connectivity index (χ0) is 19.9. The van der Waals surface area contributed by atoms with Crippen molar-refractivity contribution in [3.8, 4) is 11.4 Å². The number of aromatic nitrogens is 3. The van der Waals surface area contributed by atoms with E-state index in [2.05, 4.69) is 20.7 Å². The van der Waals surface area contributed by atoms with Crippen LogP contribution in [-0.2, 0) is 11.3 Å². The molecule has 0 spiro atoms. The molecule has 0 atom stereocenters. The highest BCUT2D eigenvalue weighted by molar-refractivity contribution is 7.99. The molecule has 6 nitrogen and oxygen atoms in total. The van der Waals surface area contributed by atoms with E-state index in [4.69, 9.17) is 0 Å². The summed E-state index contributed by atoms with van der Waals surface area (Å²) in [5.41, 5.74) is 4.84. The molecule has 1 heterocycles. The number of nitrogens with one attached hydrogen (secondary N) is 1. The van der Waals surface area contributed by atoms with Crippen LogP contribution in [0.25, 0.3) is 11.4 Å². The molecular formula is C20H20FN5OS. The summed E-state index contributed by atoms with van der Waals surface area (Å²) in [6.45, 7) is 4.46. The summed E-state index contributed by atoms with van der Waals surface area (Å²) in [4.78, 5) is 12.1. The summed E-state index contributed by atoms with van der Waals surface area (Å²) in [5, 5.41) is 13.2. The molecule has 144 valence electrons. The molecule has 0 aliphatic rings. The molecule has 0 fully saturated rings. The minimum absolute atomic E-state index is 0.160. The third-order valence-electron chi connectivity index (χ3n) is 4.01. The van der Waals surface area contributed by atoms with E-state index < -0.39 is 0 Å². The fourth-order valence-electron chi connectivity index (χ4n) is 2.55. The Morgan fingerprint density at radius 3 is 2.54 bits per heavy atom. The van der Waals surface area contributed by atoms with Gasteiger partial charge >= 0.3 is 0 Å². The predicted molar refractivity (Wildman–Crippen MR) is 109 cm³/mol. The van der Waals surface area contributed by atoms with Crippen LogP contribution < -0.4 is 5.43 Å². The van der Waals surface area contributed by atoms with Crippen LogP contribution >= 0.6 is 11.8 Å². The largest absolute Gasteiger partial charge is 0.302 e. The second kappa shape index (κ2) is 9.27. The standard InChI is InChI=1S/C20H20FN5OS/c1-3-26-19(16-7-5-4-6-8-16)24-25-20(26)28-13-18(27)23-22-14(2)15-9-11-17(21)12-10-15/h4-12H,3,13H2,1-2H3,(H,23,27). The maximum Gasteiger partial charge on any atom is 0.250 e. The summed E-state index contributed by atoms with van der Waals surface area (Å²) in [7, 11) is 0. The summed E-state index contributed by atoms with van der Waals surface area (Å²) < 4.78 is 14.9. The Morgan fingerprint density at radius 2 is 1.86 bits per heavy atom. The maximum absolute atomic E-state index is 13.0. The smallest absolute Gasteiger partial charge is 0.250 e. The number of rotatable bonds is 7. The Balaban J connectivity index is 1.61. The van der Waals surface area contributed by atoms with Gasteiger partial charge in [-0.3, -0.25) is 4.79 Å². The number of carbonyl (C=O) groups excluding carboxylic acids is 1. The van der Waals surface area contributed by atoms with Crippen LogP contribution in [0.2, 0.25) is 0 Å². The van der Waals surface area contributed by atoms with Gasteiger partial charge in [0.25, 0.3) is 5.91 Å². The quantitative estimate of drug-likeness (QED) is 0.375. The summed E-state index contributed by atoms with van der Waals surface area (Å²) in [6.07, 6.45) is 0. The first-order chi connectivity index (χ1) is 13.6. The SMILES string of the molecule is CCn1c(SCC(=O)NN=C(C)c2ccc(F)cc2)nnc1-c1ccccc1. The fourth-order valence-corrected chi connectivity index (χ4v) is 3.34. The molecule has 3 rings (SSSR count). The van der Waals surface area contributed by atoms with Gasteiger partial charge in [0.05, 0.1) is 11.5 Å². The Labute approximate surface area is 166 Å². The number of thioether (sulfide) groups is 1. The minimum atomic E-state index is -0.313. The van der Waals surface area contributed by atoms with Crippen molar-refractivity contribution < 1.29 is 9.18 Å². The van der Waals surface area contributed by atoms with Gasteiger partial charge in [0.1, 0.15) is 5.82 Å². The van der Waals surface area contributed by atoms with Crippen LogP contribution in [0.5, 0.6) is 0 Å². The molecule has 2 aromatic carbocycles. The van der Waals surface area contributed by atoms with Crippen LogP contribution in [0.1, 0.15) is 19.4 Å². The highest BCUT2D eigenvalue weighted by atomic mass is 32.2. The van der Waals surface area contributed by atoms with Crippen LogP contribution in [0.4, 0.5) is 4.39 Å². The number of benzene rings is 2. The minimum Gasteiger partial charge on any atom is -0.302 e. The van der Waals surface area contributed by atoms with E-state index in [1.54, 1.807) is 19.1 Å². The molecule has 3 aromatic rings. The maximum atomic E-state index is 13.0. The number of carbonyl (C=O) groups is 1. The summed E-state index contributed by atoms with van der Waals surface area (Å²) in [6, 6.07) is 15.7. The lowest BCUT2D eigenvalue weighted by Crippen LogP contribution is -2.21. The van der Waals surface area contributed by atoms with Gasteiger partial charge in [0, 0.05) is 12.1 Å². The first kappa shape index (κ1) is 19.8. The third-order valence-corrected chi connectivity index (χ3v) is 4.97. The Bertz CT molecular complexity index is 970. The van der Waals surface area contributed by atoms with E-state index >= 15 is 0 Å². The van der Waals surface area contributed by atoms with Crippen LogP contribution in [0.3, 0.4) is 0 Å². The molecule has 0 aliphatic heterocycles. The first-order valence-electron chi connectivity index (χ1n) is 8.79. The normalized spacial score (nSPS) is 11.5. The van der Waals surface area contributed by atoms with E-state index in [1.165, 1.54) is 23.9 Å². The third kappa shape index (κ3) is 4.83. The Morgan fingerprint density at radius 1 is 1.14 bits per heavy atom. The Kier molecular flexibility index (Phi) is 6.54. The van der Waals surface area contributed by atoms with Gasteiger partial charge in [0.15, 0.2) is 11.0 Å². The van der Waals surface area contributed by atoms with Gasteiger partial charge in [-0.1, -0.05) is 54.2 Å². The molecule has 1 amide bonds. The summed E-state index contributed by atoms with van der Waals surface area (Å²) >= 11 is 1.30. The molecule has 0 aliphatic carbocycles. The second-order valence-corrected chi connectivity index (χ2v) is 6.89. The number of hydrogen-bond acceptors (Lipinski definition) is 5. The van der Waals surface area contributed by atoms with Crippen molar-refractivity contribution in [2.45, 2.75) is 25.5 Å². The van der Waals surface area contributed by atoms with Crippen molar-refractivity contribution in [2.24, 2.45) is 5.10 Å². The van der Waals surface area contributed by atoms with E-state index in [1.807, 2.05) is 41.8 Å². The number of hydrazone groups is 1. The zero-order valence-electron chi connectivity index (χ0n) is 15.6. The molecule has 1 aromatic heterocycles. The number of amides is 1. The number of halogens is 1. The van der Waals surface area contributed by atoms with Crippen molar-refractivity contribution in [1.82, 2.24) is 20.2 Å². The van der Waals surface area contributed by atoms with E-state index in [0.29, 0.717) is 17.4 Å². The van der Waals surface area contributed by atoms with Crippen molar-refractivity contribution in [2.75, 3.05) is 5.75 Å². The summed E-state index contributed by atoms with van der Waals surface area (Å²) in [5.74, 6) is 0.370. The van der Waals surface area contributed by atoms with Crippen molar-refractivity contribution in [3.05, 3.63) is 66.0 Å². The lowest BCUT2D eigenvalue weighted by molar-refractivity contribution is -0.118. The van der Waals surface area contributed by atoms with Gasteiger partial charge in [-0.15, -0.1) is 10.2 Å². The second-order valence-electron chi connectivity index (χ2n) is 5.94. The van der Waals surface area contributed by atoms with E-state index in [-0.39, 0.29) is 17.5 Å². The molecule has 0 saturated carbocycles. The number of nitrogens with zero attached hydrogens (tertiary/aromatic N) is 4. The molecule has 0 unspecified atom stereocenters. The highest BCUT2D eigenvalue weighted by Crippen LogP contribution is 2.23. The van der Waals surface area contributed by atoms with Crippen LogP contribution in [0, 0.1) is 5.82 Å². The first-order valence-corrected chi connectivity index (χ1v) is 9.77. The predicted octanol–water partition coefficient (Wildman–Crippen LogP) is 3.74. The zero-order valence-corrected chi connectivity index (χ0v) is 16.4. The van der Waals surface area contributed by atoms with Gasteiger partial charge in [0.2, 0.25) is 0 Å². The van der Waals surface area contributed by atoms with E-state index in [0.717, 1.165) is 17.0 Å². The molecule has 28 heavy (non-hydrogen) atoms.